The van der Waals surface area contributed by atoms with Crippen molar-refractivity contribution in [3.8, 4) is 0 Å². The van der Waals surface area contributed by atoms with Gasteiger partial charge < -0.3 is 5.11 Å². The van der Waals surface area contributed by atoms with Crippen LogP contribution in [0.1, 0.15) is 36.4 Å². The quantitative estimate of drug-likeness (QED) is 0.635. The molecule has 7 heteroatoms. The fourth-order valence-corrected chi connectivity index (χ4v) is 5.58. The SMILES string of the molecule is O=c1c2cc(Cc3ccc(Cl)nc3)c3c(c2ncn1C1CCSCC1O)=CCCC=3. The Bertz CT molecular complexity index is 1290. The van der Waals surface area contributed by atoms with Crippen molar-refractivity contribution in [2.24, 2.45) is 0 Å². The Labute approximate surface area is 183 Å². The van der Waals surface area contributed by atoms with Crippen molar-refractivity contribution >= 4 is 46.4 Å². The van der Waals surface area contributed by atoms with Crippen LogP contribution in [0.3, 0.4) is 0 Å². The van der Waals surface area contributed by atoms with Gasteiger partial charge in [0, 0.05) is 17.2 Å². The molecule has 30 heavy (non-hydrogen) atoms. The fraction of sp³-hybridized carbons (Fsp3) is 0.348. The minimum Gasteiger partial charge on any atom is -0.390 e. The molecule has 1 fully saturated rings. The van der Waals surface area contributed by atoms with Gasteiger partial charge in [0.2, 0.25) is 0 Å². The van der Waals surface area contributed by atoms with E-state index in [1.165, 1.54) is 0 Å². The van der Waals surface area contributed by atoms with E-state index < -0.39 is 6.10 Å². The summed E-state index contributed by atoms with van der Waals surface area (Å²) in [6.07, 6.45) is 10.7. The number of pyridine rings is 1. The van der Waals surface area contributed by atoms with Crippen LogP contribution >= 0.6 is 23.4 Å². The average molecular weight is 440 g/mol. The topological polar surface area (TPSA) is 68.0 Å². The minimum absolute atomic E-state index is 0.0757. The van der Waals surface area contributed by atoms with Gasteiger partial charge >= 0.3 is 0 Å². The third-order valence-electron chi connectivity index (χ3n) is 5.94. The average Bonchev–Trinajstić information content (AvgIpc) is 2.77. The second-order valence-electron chi connectivity index (χ2n) is 7.87. The Balaban J connectivity index is 1.70. The summed E-state index contributed by atoms with van der Waals surface area (Å²) in [5.41, 5.74) is 2.81. The van der Waals surface area contributed by atoms with E-state index in [1.807, 2.05) is 12.1 Å². The predicted molar refractivity (Wildman–Crippen MR) is 122 cm³/mol. The van der Waals surface area contributed by atoms with E-state index in [0.29, 0.717) is 22.7 Å². The van der Waals surface area contributed by atoms with Gasteiger partial charge in [0.15, 0.2) is 0 Å². The van der Waals surface area contributed by atoms with Gasteiger partial charge in [0.05, 0.1) is 29.4 Å². The highest BCUT2D eigenvalue weighted by molar-refractivity contribution is 7.99. The molecule has 1 saturated heterocycles. The zero-order valence-corrected chi connectivity index (χ0v) is 18.0. The molecule has 0 amide bonds. The lowest BCUT2D eigenvalue weighted by Crippen LogP contribution is -2.39. The maximum Gasteiger partial charge on any atom is 0.261 e. The van der Waals surface area contributed by atoms with Crippen LogP contribution in [-0.4, -0.2) is 37.3 Å². The van der Waals surface area contributed by atoms with Crippen LogP contribution in [0.2, 0.25) is 5.15 Å². The van der Waals surface area contributed by atoms with Crippen LogP contribution in [0, 0.1) is 0 Å². The van der Waals surface area contributed by atoms with E-state index >= 15 is 0 Å². The highest BCUT2D eigenvalue weighted by atomic mass is 35.5. The molecule has 5 rings (SSSR count). The summed E-state index contributed by atoms with van der Waals surface area (Å²) in [6, 6.07) is 5.52. The number of benzene rings is 1. The third kappa shape index (κ3) is 3.57. The van der Waals surface area contributed by atoms with Crippen molar-refractivity contribution in [1.29, 1.82) is 0 Å². The second kappa shape index (κ2) is 8.17. The smallest absolute Gasteiger partial charge is 0.261 e. The van der Waals surface area contributed by atoms with E-state index in [1.54, 1.807) is 34.9 Å². The first kappa shape index (κ1) is 19.8. The van der Waals surface area contributed by atoms with E-state index in [4.69, 9.17) is 11.6 Å². The predicted octanol–water partition coefficient (Wildman–Crippen LogP) is 2.43. The van der Waals surface area contributed by atoms with Gasteiger partial charge in [-0.1, -0.05) is 29.8 Å². The summed E-state index contributed by atoms with van der Waals surface area (Å²) >= 11 is 7.66. The van der Waals surface area contributed by atoms with Gasteiger partial charge in [0.1, 0.15) is 5.15 Å². The molecule has 0 spiro atoms. The molecule has 3 aromatic rings. The molecule has 3 heterocycles. The lowest BCUT2D eigenvalue weighted by atomic mass is 9.96. The van der Waals surface area contributed by atoms with E-state index in [-0.39, 0.29) is 11.6 Å². The van der Waals surface area contributed by atoms with Crippen molar-refractivity contribution in [3.63, 3.8) is 0 Å². The van der Waals surface area contributed by atoms with Gasteiger partial charge in [0.25, 0.3) is 5.56 Å². The molecule has 2 atom stereocenters. The standard InChI is InChI=1S/C23H22ClN3O2S/c24-21-6-5-14(11-25-21)9-15-10-18-22(17-4-2-1-3-16(15)17)26-13-27(23(18)29)19-7-8-30-12-20(19)28/h3-6,10-11,13,19-20,28H,1-2,7-9,12H2. The van der Waals surface area contributed by atoms with Gasteiger partial charge in [-0.05, 0) is 59.9 Å². The van der Waals surface area contributed by atoms with Crippen LogP contribution < -0.4 is 16.0 Å². The molecule has 2 aromatic heterocycles. The normalized spacial score (nSPS) is 21.0. The van der Waals surface area contributed by atoms with Crippen LogP contribution in [0.5, 0.6) is 0 Å². The number of hydrogen-bond acceptors (Lipinski definition) is 5. The summed E-state index contributed by atoms with van der Waals surface area (Å²) in [7, 11) is 0. The molecule has 5 nitrogen and oxygen atoms in total. The number of aliphatic hydroxyl groups excluding tert-OH is 1. The molecule has 0 bridgehead atoms. The molecule has 0 saturated carbocycles. The summed E-state index contributed by atoms with van der Waals surface area (Å²) in [4.78, 5) is 22.3. The molecule has 2 aliphatic rings. The molecule has 0 radical (unpaired) electrons. The van der Waals surface area contributed by atoms with Crippen LogP contribution in [-0.2, 0) is 6.42 Å². The molecular formula is C23H22ClN3O2S. The molecule has 1 N–H and O–H groups in total. The Hall–Kier alpha value is -2.15. The minimum atomic E-state index is -0.530. The third-order valence-corrected chi connectivity index (χ3v) is 7.26. The van der Waals surface area contributed by atoms with Crippen LogP contribution in [0.15, 0.2) is 35.5 Å². The summed E-state index contributed by atoms with van der Waals surface area (Å²) in [6.45, 7) is 0. The maximum atomic E-state index is 13.5. The Morgan fingerprint density at radius 2 is 2.03 bits per heavy atom. The Kier molecular flexibility index (Phi) is 5.39. The highest BCUT2D eigenvalue weighted by Gasteiger charge is 2.26. The lowest BCUT2D eigenvalue weighted by molar-refractivity contribution is 0.126. The number of nitrogens with zero attached hydrogens (tertiary/aromatic N) is 3. The fourth-order valence-electron chi connectivity index (χ4n) is 4.43. The largest absolute Gasteiger partial charge is 0.390 e. The van der Waals surface area contributed by atoms with Gasteiger partial charge in [-0.25, -0.2) is 9.97 Å². The molecule has 2 unspecified atom stereocenters. The van der Waals surface area contributed by atoms with Crippen molar-refractivity contribution in [2.45, 2.75) is 37.8 Å². The van der Waals surface area contributed by atoms with Crippen molar-refractivity contribution < 1.29 is 5.11 Å². The summed E-state index contributed by atoms with van der Waals surface area (Å²) < 4.78 is 1.64. The molecule has 154 valence electrons. The highest BCUT2D eigenvalue weighted by Crippen LogP contribution is 2.26. The number of fused-ring (bicyclic) bond motifs is 3. The van der Waals surface area contributed by atoms with Gasteiger partial charge in [-0.15, -0.1) is 0 Å². The second-order valence-corrected chi connectivity index (χ2v) is 9.40. The first-order valence-electron chi connectivity index (χ1n) is 10.2. The number of aromatic nitrogens is 3. The number of rotatable bonds is 3. The first-order valence-corrected chi connectivity index (χ1v) is 11.7. The monoisotopic (exact) mass is 439 g/mol. The van der Waals surface area contributed by atoms with Crippen LogP contribution in [0.25, 0.3) is 23.1 Å². The Morgan fingerprint density at radius 3 is 2.80 bits per heavy atom. The van der Waals surface area contributed by atoms with E-state index in [0.717, 1.165) is 52.1 Å². The molecular weight excluding hydrogens is 418 g/mol. The summed E-state index contributed by atoms with van der Waals surface area (Å²) in [5.74, 6) is 1.59. The summed E-state index contributed by atoms with van der Waals surface area (Å²) in [5, 5.41) is 13.7. The number of halogens is 1. The van der Waals surface area contributed by atoms with Crippen molar-refractivity contribution in [2.75, 3.05) is 11.5 Å². The first-order chi connectivity index (χ1) is 14.6. The maximum absolute atomic E-state index is 13.5. The zero-order valence-electron chi connectivity index (χ0n) is 16.4. The number of aliphatic hydroxyl groups is 1. The Morgan fingerprint density at radius 1 is 1.20 bits per heavy atom. The van der Waals surface area contributed by atoms with Gasteiger partial charge in [-0.2, -0.15) is 11.8 Å². The van der Waals surface area contributed by atoms with E-state index in [2.05, 4.69) is 22.1 Å². The number of thioether (sulfide) groups is 1. The molecule has 1 aliphatic heterocycles. The molecule has 1 aliphatic carbocycles. The van der Waals surface area contributed by atoms with Gasteiger partial charge in [-0.3, -0.25) is 9.36 Å². The van der Waals surface area contributed by atoms with Crippen LogP contribution in [0.4, 0.5) is 0 Å². The molecule has 1 aromatic carbocycles. The van der Waals surface area contributed by atoms with Crippen molar-refractivity contribution in [1.82, 2.24) is 14.5 Å². The van der Waals surface area contributed by atoms with E-state index in [9.17, 15) is 9.90 Å². The van der Waals surface area contributed by atoms with Crippen molar-refractivity contribution in [3.05, 3.63) is 67.8 Å². The lowest BCUT2D eigenvalue weighted by Gasteiger charge is -2.28. The number of hydrogen-bond donors (Lipinski definition) is 1. The zero-order chi connectivity index (χ0) is 20.7.